The van der Waals surface area contributed by atoms with Crippen LogP contribution in [0.5, 0.6) is 17.2 Å². The Bertz CT molecular complexity index is 1020. The van der Waals surface area contributed by atoms with E-state index in [1.165, 1.54) is 4.80 Å². The van der Waals surface area contributed by atoms with Gasteiger partial charge in [0.25, 0.3) is 0 Å². The van der Waals surface area contributed by atoms with Gasteiger partial charge in [0, 0.05) is 18.7 Å². The average molecular weight is 395 g/mol. The molecule has 0 saturated heterocycles. The van der Waals surface area contributed by atoms with E-state index in [0.29, 0.717) is 30.4 Å². The molecule has 0 bridgehead atoms. The minimum atomic E-state index is -0.0974. The number of amides is 1. The number of rotatable bonds is 7. The molecule has 1 amide bonds. The number of ether oxygens (including phenoxy) is 3. The van der Waals surface area contributed by atoms with Crippen molar-refractivity contribution >= 4 is 5.91 Å². The van der Waals surface area contributed by atoms with Crippen LogP contribution in [0.15, 0.2) is 42.5 Å². The topological polar surface area (TPSA) is 91.6 Å². The smallest absolute Gasteiger partial charge is 0.246 e. The molecule has 0 atom stereocenters. The predicted octanol–water partition coefficient (Wildman–Crippen LogP) is 2.13. The molecule has 3 aromatic rings. The zero-order valence-electron chi connectivity index (χ0n) is 16.2. The highest BCUT2D eigenvalue weighted by Gasteiger charge is 2.18. The summed E-state index contributed by atoms with van der Waals surface area (Å²) in [6.45, 7) is 3.19. The van der Waals surface area contributed by atoms with Gasteiger partial charge >= 0.3 is 0 Å². The molecule has 0 aliphatic carbocycles. The van der Waals surface area contributed by atoms with Crippen LogP contribution in [-0.2, 0) is 17.9 Å². The maximum absolute atomic E-state index is 12.7. The average Bonchev–Trinajstić information content (AvgIpc) is 3.41. The summed E-state index contributed by atoms with van der Waals surface area (Å²) in [6.07, 6.45) is 0. The molecule has 4 rings (SSSR count). The lowest BCUT2D eigenvalue weighted by Crippen LogP contribution is -2.33. The summed E-state index contributed by atoms with van der Waals surface area (Å²) in [5.74, 6) is 2.47. The van der Waals surface area contributed by atoms with Crippen molar-refractivity contribution in [2.24, 2.45) is 0 Å². The monoisotopic (exact) mass is 395 g/mol. The van der Waals surface area contributed by atoms with Crippen molar-refractivity contribution in [1.82, 2.24) is 25.1 Å². The Kier molecular flexibility index (Phi) is 5.28. The molecule has 0 radical (unpaired) electrons. The van der Waals surface area contributed by atoms with Gasteiger partial charge in [-0.25, -0.2) is 0 Å². The van der Waals surface area contributed by atoms with E-state index in [1.54, 1.807) is 12.0 Å². The maximum Gasteiger partial charge on any atom is 0.246 e. The number of hydrogen-bond donors (Lipinski definition) is 0. The summed E-state index contributed by atoms with van der Waals surface area (Å²) < 4.78 is 15.9. The third-order valence-corrected chi connectivity index (χ3v) is 4.60. The molecular weight excluding hydrogens is 374 g/mol. The summed E-state index contributed by atoms with van der Waals surface area (Å²) in [4.78, 5) is 15.8. The van der Waals surface area contributed by atoms with Crippen molar-refractivity contribution in [2.75, 3.05) is 20.4 Å². The van der Waals surface area contributed by atoms with Gasteiger partial charge in [0.2, 0.25) is 18.5 Å². The normalized spacial score (nSPS) is 12.1. The lowest BCUT2D eigenvalue weighted by Gasteiger charge is -2.20. The fourth-order valence-corrected chi connectivity index (χ4v) is 3.04. The molecule has 2 heterocycles. The van der Waals surface area contributed by atoms with Crippen molar-refractivity contribution in [3.05, 3.63) is 48.0 Å². The molecule has 1 aromatic heterocycles. The third kappa shape index (κ3) is 4.13. The number of aromatic nitrogens is 4. The van der Waals surface area contributed by atoms with Crippen LogP contribution in [0, 0.1) is 0 Å². The second kappa shape index (κ2) is 8.17. The van der Waals surface area contributed by atoms with Crippen molar-refractivity contribution in [1.29, 1.82) is 0 Å². The van der Waals surface area contributed by atoms with E-state index in [2.05, 4.69) is 15.4 Å². The number of nitrogens with zero attached hydrogens (tertiary/aromatic N) is 5. The van der Waals surface area contributed by atoms with Crippen molar-refractivity contribution in [3.8, 4) is 28.6 Å². The van der Waals surface area contributed by atoms with E-state index in [4.69, 9.17) is 14.2 Å². The van der Waals surface area contributed by atoms with E-state index in [0.717, 1.165) is 16.9 Å². The van der Waals surface area contributed by atoms with Gasteiger partial charge in [0.15, 0.2) is 11.5 Å². The maximum atomic E-state index is 12.7. The Balaban J connectivity index is 1.43. The molecule has 2 aromatic carbocycles. The first kappa shape index (κ1) is 18.7. The van der Waals surface area contributed by atoms with Crippen LogP contribution < -0.4 is 14.2 Å². The molecular formula is C20H21N5O4. The lowest BCUT2D eigenvalue weighted by molar-refractivity contribution is -0.132. The minimum absolute atomic E-state index is 0.00929. The SMILES string of the molecule is CCN(Cc1ccc2c(c1)OCO2)C(=O)Cn1nnc(-c2cccc(OC)c2)n1. The van der Waals surface area contributed by atoms with Crippen LogP contribution in [0.1, 0.15) is 12.5 Å². The number of fused-ring (bicyclic) bond motifs is 1. The van der Waals surface area contributed by atoms with E-state index in [9.17, 15) is 4.79 Å². The number of carbonyl (C=O) groups excluding carboxylic acids is 1. The van der Waals surface area contributed by atoms with Crippen LogP contribution in [0.4, 0.5) is 0 Å². The first-order valence-electron chi connectivity index (χ1n) is 9.25. The number of methoxy groups -OCH3 is 1. The second-order valence-electron chi connectivity index (χ2n) is 6.47. The number of likely N-dealkylation sites (N-methyl/N-ethyl adjacent to an activating group) is 1. The predicted molar refractivity (Wildman–Crippen MR) is 103 cm³/mol. The first-order chi connectivity index (χ1) is 14.2. The summed E-state index contributed by atoms with van der Waals surface area (Å²) in [7, 11) is 1.60. The summed E-state index contributed by atoms with van der Waals surface area (Å²) >= 11 is 0. The number of tetrazole rings is 1. The summed E-state index contributed by atoms with van der Waals surface area (Å²) in [6, 6.07) is 13.1. The quantitative estimate of drug-likeness (QED) is 0.605. The van der Waals surface area contributed by atoms with Gasteiger partial charge in [-0.1, -0.05) is 18.2 Å². The molecule has 0 fully saturated rings. The molecule has 9 heteroatoms. The Morgan fingerprint density at radius 2 is 2.07 bits per heavy atom. The summed E-state index contributed by atoms with van der Waals surface area (Å²) in [5, 5.41) is 12.4. The number of carbonyl (C=O) groups is 1. The molecule has 0 spiro atoms. The first-order valence-corrected chi connectivity index (χ1v) is 9.25. The van der Waals surface area contributed by atoms with E-state index >= 15 is 0 Å². The Morgan fingerprint density at radius 3 is 2.90 bits per heavy atom. The fraction of sp³-hybridized carbons (Fsp3) is 0.300. The van der Waals surface area contributed by atoms with Gasteiger partial charge in [-0.2, -0.15) is 4.80 Å². The van der Waals surface area contributed by atoms with E-state index in [1.807, 2.05) is 49.4 Å². The van der Waals surface area contributed by atoms with E-state index in [-0.39, 0.29) is 19.2 Å². The fourth-order valence-electron chi connectivity index (χ4n) is 3.04. The standard InChI is InChI=1S/C20H21N5O4/c1-3-24(11-14-7-8-17-18(9-14)29-13-28-17)19(26)12-25-22-20(21-23-25)15-5-4-6-16(10-15)27-2/h4-10H,3,11-13H2,1-2H3. The zero-order valence-corrected chi connectivity index (χ0v) is 16.2. The van der Waals surface area contributed by atoms with Crippen LogP contribution in [0.2, 0.25) is 0 Å². The highest BCUT2D eigenvalue weighted by Crippen LogP contribution is 2.32. The largest absolute Gasteiger partial charge is 0.497 e. The molecule has 1 aliphatic heterocycles. The summed E-state index contributed by atoms with van der Waals surface area (Å²) in [5.41, 5.74) is 1.74. The molecule has 9 nitrogen and oxygen atoms in total. The van der Waals surface area contributed by atoms with Crippen molar-refractivity contribution < 1.29 is 19.0 Å². The molecule has 0 saturated carbocycles. The zero-order chi connectivity index (χ0) is 20.2. The Morgan fingerprint density at radius 1 is 1.21 bits per heavy atom. The van der Waals surface area contributed by atoms with Gasteiger partial charge < -0.3 is 19.1 Å². The van der Waals surface area contributed by atoms with Gasteiger partial charge in [-0.15, -0.1) is 10.2 Å². The van der Waals surface area contributed by atoms with Gasteiger partial charge in [0.1, 0.15) is 12.3 Å². The highest BCUT2D eigenvalue weighted by atomic mass is 16.7. The van der Waals surface area contributed by atoms with E-state index < -0.39 is 0 Å². The molecule has 150 valence electrons. The molecule has 1 aliphatic rings. The van der Waals surface area contributed by atoms with Crippen LogP contribution in [-0.4, -0.2) is 51.5 Å². The van der Waals surface area contributed by atoms with Crippen molar-refractivity contribution in [3.63, 3.8) is 0 Å². The van der Waals surface area contributed by atoms with Gasteiger partial charge in [0.05, 0.1) is 7.11 Å². The number of hydrogen-bond acceptors (Lipinski definition) is 7. The van der Waals surface area contributed by atoms with Crippen LogP contribution in [0.3, 0.4) is 0 Å². The second-order valence-corrected chi connectivity index (χ2v) is 6.47. The van der Waals surface area contributed by atoms with Crippen LogP contribution in [0.25, 0.3) is 11.4 Å². The van der Waals surface area contributed by atoms with Gasteiger partial charge in [-0.05, 0) is 42.0 Å². The Labute approximate surface area is 167 Å². The van der Waals surface area contributed by atoms with Crippen molar-refractivity contribution in [2.45, 2.75) is 20.0 Å². The lowest BCUT2D eigenvalue weighted by atomic mass is 10.2. The molecule has 29 heavy (non-hydrogen) atoms. The van der Waals surface area contributed by atoms with Crippen LogP contribution >= 0.6 is 0 Å². The molecule has 0 N–H and O–H groups in total. The third-order valence-electron chi connectivity index (χ3n) is 4.60. The molecule has 0 unspecified atom stereocenters. The highest BCUT2D eigenvalue weighted by molar-refractivity contribution is 5.75. The Hall–Kier alpha value is -3.62. The minimum Gasteiger partial charge on any atom is -0.497 e. The van der Waals surface area contributed by atoms with Gasteiger partial charge in [-0.3, -0.25) is 4.79 Å². The number of benzene rings is 2.